The highest BCUT2D eigenvalue weighted by Gasteiger charge is 2.70. The van der Waals surface area contributed by atoms with Gasteiger partial charge in [-0.25, -0.2) is 0 Å². The number of fused-ring (bicyclic) bond motifs is 2. The average molecular weight is 485 g/mol. The van der Waals surface area contributed by atoms with Crippen LogP contribution in [0.3, 0.4) is 0 Å². The van der Waals surface area contributed by atoms with Gasteiger partial charge in [0.2, 0.25) is 0 Å². The number of ether oxygens (including phenoxy) is 3. The Kier molecular flexibility index (Phi) is 6.94. The van der Waals surface area contributed by atoms with Gasteiger partial charge in [0.1, 0.15) is 22.9 Å². The van der Waals surface area contributed by atoms with Gasteiger partial charge < -0.3 is 14.2 Å². The first-order valence-electron chi connectivity index (χ1n) is 11.9. The van der Waals surface area contributed by atoms with Crippen molar-refractivity contribution in [2.24, 2.45) is 16.7 Å². The molecule has 4 rings (SSSR count). The van der Waals surface area contributed by atoms with Crippen LogP contribution in [0.25, 0.3) is 0 Å². The summed E-state index contributed by atoms with van der Waals surface area (Å²) in [5.41, 5.74) is 2.04. The molecule has 1 unspecified atom stereocenters. The van der Waals surface area contributed by atoms with Crippen LogP contribution in [-0.2, 0) is 20.4 Å². The summed E-state index contributed by atoms with van der Waals surface area (Å²) < 4.78 is 16.8. The van der Waals surface area contributed by atoms with E-state index in [9.17, 15) is 4.79 Å². The first kappa shape index (κ1) is 24.9. The van der Waals surface area contributed by atoms with Crippen molar-refractivity contribution in [1.29, 1.82) is 0 Å². The summed E-state index contributed by atoms with van der Waals surface area (Å²) in [6.45, 7) is 7.19. The van der Waals surface area contributed by atoms with Gasteiger partial charge >= 0.3 is 0 Å². The van der Waals surface area contributed by atoms with E-state index in [0.717, 1.165) is 22.9 Å². The van der Waals surface area contributed by atoms with E-state index in [2.05, 4.69) is 27.0 Å². The van der Waals surface area contributed by atoms with Gasteiger partial charge in [0, 0.05) is 29.8 Å². The molecule has 184 valence electrons. The number of rotatable bonds is 8. The normalized spacial score (nSPS) is 27.9. The molecule has 0 spiro atoms. The first-order valence-corrected chi connectivity index (χ1v) is 13.8. The van der Waals surface area contributed by atoms with E-state index in [1.165, 1.54) is 12.8 Å². The summed E-state index contributed by atoms with van der Waals surface area (Å²) in [7, 11) is 5.02. The van der Waals surface area contributed by atoms with Crippen LogP contribution in [0.1, 0.15) is 33.6 Å². The van der Waals surface area contributed by atoms with Crippen molar-refractivity contribution in [2.45, 2.75) is 45.0 Å². The molecule has 2 aliphatic carbocycles. The number of amides is 1. The quantitative estimate of drug-likeness (QED) is 0.467. The molecule has 2 aliphatic rings. The van der Waals surface area contributed by atoms with Crippen LogP contribution in [0.15, 0.2) is 48.5 Å². The van der Waals surface area contributed by atoms with Gasteiger partial charge in [-0.3, -0.25) is 9.69 Å². The van der Waals surface area contributed by atoms with Gasteiger partial charge in [-0.2, -0.15) is 0 Å². The van der Waals surface area contributed by atoms with Gasteiger partial charge in [0.25, 0.3) is 5.91 Å². The number of nitrogens with zero attached hydrogens (tertiary/aromatic N) is 1. The minimum absolute atomic E-state index is 0.0988. The summed E-state index contributed by atoms with van der Waals surface area (Å²) in [4.78, 5) is 15.7. The van der Waals surface area contributed by atoms with Crippen molar-refractivity contribution in [2.75, 3.05) is 38.2 Å². The Morgan fingerprint density at radius 2 is 1.44 bits per heavy atom. The average Bonchev–Trinajstić information content (AvgIpc) is 3.17. The highest BCUT2D eigenvalue weighted by atomic mass is 32.2. The van der Waals surface area contributed by atoms with Gasteiger partial charge in [-0.05, 0) is 77.7 Å². The van der Waals surface area contributed by atoms with E-state index in [-0.39, 0.29) is 33.7 Å². The van der Waals surface area contributed by atoms with Gasteiger partial charge in [0.15, 0.2) is 5.75 Å². The fourth-order valence-corrected chi connectivity index (χ4v) is 8.94. The third-order valence-electron chi connectivity index (χ3n) is 8.68. The molecule has 5 nitrogen and oxygen atoms in total. The molecule has 2 fully saturated rings. The predicted molar refractivity (Wildman–Crippen MR) is 140 cm³/mol. The molecule has 0 heterocycles. The molecule has 0 radical (unpaired) electrons. The van der Waals surface area contributed by atoms with Gasteiger partial charge in [0.05, 0.1) is 20.5 Å². The topological polar surface area (TPSA) is 48.0 Å². The van der Waals surface area contributed by atoms with Crippen LogP contribution in [0.2, 0.25) is 0 Å². The zero-order valence-electron chi connectivity index (χ0n) is 21.5. The first-order chi connectivity index (χ1) is 16.2. The Balaban J connectivity index is 1.62. The molecule has 34 heavy (non-hydrogen) atoms. The van der Waals surface area contributed by atoms with Crippen molar-refractivity contribution in [1.82, 2.24) is 0 Å². The SMILES string of the molecule is COc1ccc(N(C(=O)C[S+](C)[C@@H]2[C@H]3CC[C@@](C)([C@@H]2OC)C3(C)C)c2ccc(OC)cc2)cc1. The lowest BCUT2D eigenvalue weighted by atomic mass is 9.70. The molecule has 0 aliphatic heterocycles. The molecule has 0 N–H and O–H groups in total. The molecular weight excluding hydrogens is 446 g/mol. The van der Waals surface area contributed by atoms with Crippen LogP contribution in [0.4, 0.5) is 11.4 Å². The summed E-state index contributed by atoms with van der Waals surface area (Å²) in [6.07, 6.45) is 4.88. The fraction of sp³-hybridized carbons (Fsp3) is 0.536. The Labute approximate surface area is 207 Å². The van der Waals surface area contributed by atoms with E-state index >= 15 is 0 Å². The largest absolute Gasteiger partial charge is 0.497 e. The van der Waals surface area contributed by atoms with Gasteiger partial charge in [-0.1, -0.05) is 20.8 Å². The van der Waals surface area contributed by atoms with E-state index < -0.39 is 0 Å². The zero-order chi connectivity index (χ0) is 24.7. The van der Waals surface area contributed by atoms with Crippen LogP contribution in [0.5, 0.6) is 11.5 Å². The second kappa shape index (κ2) is 9.46. The molecule has 1 amide bonds. The van der Waals surface area contributed by atoms with Crippen molar-refractivity contribution in [3.63, 3.8) is 0 Å². The van der Waals surface area contributed by atoms with E-state index in [4.69, 9.17) is 14.2 Å². The van der Waals surface area contributed by atoms with Crippen molar-refractivity contribution < 1.29 is 19.0 Å². The number of hydrogen-bond donors (Lipinski definition) is 0. The monoisotopic (exact) mass is 484 g/mol. The Hall–Kier alpha value is -2.18. The lowest BCUT2D eigenvalue weighted by molar-refractivity contribution is -0.115. The molecule has 5 atom stereocenters. The van der Waals surface area contributed by atoms with E-state index in [0.29, 0.717) is 16.9 Å². The molecule has 2 bridgehead atoms. The summed E-state index contributed by atoms with van der Waals surface area (Å²) >= 11 is 0. The number of anilines is 2. The summed E-state index contributed by atoms with van der Waals surface area (Å²) in [5.74, 6) is 2.70. The van der Waals surface area contributed by atoms with Crippen LogP contribution >= 0.6 is 0 Å². The summed E-state index contributed by atoms with van der Waals surface area (Å²) in [5, 5.41) is 0.399. The van der Waals surface area contributed by atoms with Gasteiger partial charge in [-0.15, -0.1) is 0 Å². The van der Waals surface area contributed by atoms with Crippen LogP contribution < -0.4 is 14.4 Å². The fourth-order valence-electron chi connectivity index (χ4n) is 6.36. The third kappa shape index (κ3) is 3.99. The molecule has 2 aromatic carbocycles. The van der Waals surface area contributed by atoms with Crippen molar-refractivity contribution in [3.05, 3.63) is 48.5 Å². The smallest absolute Gasteiger partial charge is 0.281 e. The number of carbonyl (C=O) groups is 1. The maximum Gasteiger partial charge on any atom is 0.281 e. The van der Waals surface area contributed by atoms with Crippen LogP contribution in [0, 0.1) is 16.7 Å². The number of methoxy groups -OCH3 is 3. The highest BCUT2D eigenvalue weighted by molar-refractivity contribution is 7.97. The third-order valence-corrected chi connectivity index (χ3v) is 10.9. The van der Waals surface area contributed by atoms with Crippen molar-refractivity contribution >= 4 is 28.2 Å². The highest BCUT2D eigenvalue weighted by Crippen LogP contribution is 2.67. The maximum absolute atomic E-state index is 13.9. The lowest BCUT2D eigenvalue weighted by Gasteiger charge is -2.38. The second-order valence-electron chi connectivity index (χ2n) is 10.4. The molecule has 0 saturated heterocycles. The lowest BCUT2D eigenvalue weighted by Crippen LogP contribution is -2.47. The Morgan fingerprint density at radius 1 is 0.941 bits per heavy atom. The molecular formula is C28H38NO4S+. The summed E-state index contributed by atoms with van der Waals surface area (Å²) in [6, 6.07) is 15.3. The molecule has 6 heteroatoms. The van der Waals surface area contributed by atoms with E-state index in [1.54, 1.807) is 14.2 Å². The maximum atomic E-state index is 13.9. The van der Waals surface area contributed by atoms with E-state index in [1.807, 2.05) is 60.5 Å². The standard InChI is InChI=1S/C28H38NO4S/c1-27(2)23-16-17-28(27,3)26(33-6)25(23)34(7)18-24(30)29(19-8-12-21(31-4)13-9-19)20-10-14-22(32-5)15-11-20/h8-15,23,25-26H,16-18H2,1-7H3/q+1/t23-,25-,26-,28+,34?/m1/s1. The minimum Gasteiger partial charge on any atom is -0.497 e. The zero-order valence-corrected chi connectivity index (χ0v) is 22.3. The molecule has 0 aromatic heterocycles. The minimum atomic E-state index is -0.123. The molecule has 2 saturated carbocycles. The number of carbonyl (C=O) groups excluding carboxylic acids is 1. The Bertz CT molecular complexity index is 959. The predicted octanol–water partition coefficient (Wildman–Crippen LogP) is 5.46. The van der Waals surface area contributed by atoms with Crippen LogP contribution in [-0.4, -0.2) is 50.6 Å². The van der Waals surface area contributed by atoms with Crippen molar-refractivity contribution in [3.8, 4) is 11.5 Å². The number of benzene rings is 2. The molecule has 2 aromatic rings. The Morgan fingerprint density at radius 3 is 1.88 bits per heavy atom. The second-order valence-corrected chi connectivity index (χ2v) is 12.6. The number of hydrogen-bond acceptors (Lipinski definition) is 4.